The van der Waals surface area contributed by atoms with Crippen LogP contribution in [0.5, 0.6) is 0 Å². The largest absolute Gasteiger partial charge is 0.224 e. The minimum Gasteiger partial charge on any atom is -0.224 e. The Bertz CT molecular complexity index is 713. The highest BCUT2D eigenvalue weighted by molar-refractivity contribution is 7.98. The first-order valence-corrected chi connectivity index (χ1v) is 9.93. The van der Waals surface area contributed by atoms with Gasteiger partial charge in [0, 0.05) is 11.5 Å². The third-order valence-corrected chi connectivity index (χ3v) is 6.73. The molecule has 4 heteroatoms. The Morgan fingerprint density at radius 3 is 2.00 bits per heavy atom. The number of fused-ring (bicyclic) bond motifs is 2. The summed E-state index contributed by atoms with van der Waals surface area (Å²) in [5.41, 5.74) is 4.04. The number of sulfone groups is 1. The fraction of sp³-hybridized carbons (Fsp3) is 0.294. The maximum absolute atomic E-state index is 11.5. The van der Waals surface area contributed by atoms with E-state index in [1.54, 1.807) is 12.1 Å². The van der Waals surface area contributed by atoms with Crippen LogP contribution in [0.25, 0.3) is 0 Å². The Morgan fingerprint density at radius 2 is 1.38 bits per heavy atom. The van der Waals surface area contributed by atoms with Gasteiger partial charge in [-0.15, -0.1) is 0 Å². The number of hydrogen-bond acceptors (Lipinski definition) is 3. The van der Waals surface area contributed by atoms with Crippen molar-refractivity contribution >= 4 is 21.6 Å². The standard InChI is InChI=1S/C9H10O2S.C8H8S/c10-12(11)7-3-5-8-4-1-2-6-9(8)12;1-2-4-8-6-9-5-7(8)3-1/h1-2,4,6H,3,5,7H2;1-4H,5-6H2. The number of aryl methyl sites for hydroxylation is 1. The highest BCUT2D eigenvalue weighted by Gasteiger charge is 2.22. The lowest BCUT2D eigenvalue weighted by Gasteiger charge is -2.14. The molecule has 0 aliphatic carbocycles. The van der Waals surface area contributed by atoms with Crippen LogP contribution in [0.2, 0.25) is 0 Å². The van der Waals surface area contributed by atoms with Crippen molar-refractivity contribution in [3.63, 3.8) is 0 Å². The van der Waals surface area contributed by atoms with Crippen molar-refractivity contribution in [3.8, 4) is 0 Å². The topological polar surface area (TPSA) is 34.1 Å². The van der Waals surface area contributed by atoms with Gasteiger partial charge in [-0.05, 0) is 35.6 Å². The van der Waals surface area contributed by atoms with E-state index in [2.05, 4.69) is 24.3 Å². The third-order valence-electron chi connectivity index (χ3n) is 3.80. The summed E-state index contributed by atoms with van der Waals surface area (Å²) >= 11 is 2.00. The summed E-state index contributed by atoms with van der Waals surface area (Å²) in [6, 6.07) is 15.9. The Kier molecular flexibility index (Phi) is 4.36. The van der Waals surface area contributed by atoms with Gasteiger partial charge in [0.05, 0.1) is 10.6 Å². The van der Waals surface area contributed by atoms with Crippen molar-refractivity contribution in [1.82, 2.24) is 0 Å². The molecule has 0 atom stereocenters. The summed E-state index contributed by atoms with van der Waals surface area (Å²) in [5.74, 6) is 2.75. The van der Waals surface area contributed by atoms with Crippen molar-refractivity contribution in [1.29, 1.82) is 0 Å². The van der Waals surface area contributed by atoms with Crippen LogP contribution in [0.15, 0.2) is 53.4 Å². The lowest BCUT2D eigenvalue weighted by molar-refractivity contribution is 0.586. The molecule has 21 heavy (non-hydrogen) atoms. The molecular weight excluding hydrogens is 300 g/mol. The van der Waals surface area contributed by atoms with E-state index in [0.717, 1.165) is 18.4 Å². The first-order chi connectivity index (χ1) is 10.2. The van der Waals surface area contributed by atoms with E-state index in [1.165, 1.54) is 22.6 Å². The molecule has 110 valence electrons. The van der Waals surface area contributed by atoms with Crippen molar-refractivity contribution in [3.05, 3.63) is 65.2 Å². The molecule has 0 bridgehead atoms. The van der Waals surface area contributed by atoms with Crippen LogP contribution in [0.3, 0.4) is 0 Å². The van der Waals surface area contributed by atoms with Crippen LogP contribution < -0.4 is 0 Å². The molecule has 2 aliphatic rings. The van der Waals surface area contributed by atoms with E-state index in [-0.39, 0.29) is 0 Å². The second-order valence-corrected chi connectivity index (χ2v) is 8.35. The SMILES string of the molecule is O=S1(=O)CCCc2ccccc21.c1ccc2c(c1)CSC2. The molecule has 2 heterocycles. The van der Waals surface area contributed by atoms with Crippen molar-refractivity contribution in [2.45, 2.75) is 29.2 Å². The summed E-state index contributed by atoms with van der Waals surface area (Å²) in [7, 11) is -2.94. The second-order valence-electron chi connectivity index (χ2n) is 5.29. The number of thioether (sulfide) groups is 1. The lowest BCUT2D eigenvalue weighted by atomic mass is 10.1. The van der Waals surface area contributed by atoms with Gasteiger partial charge in [-0.2, -0.15) is 11.8 Å². The molecular formula is C17H18O2S2. The normalized spacial score (nSPS) is 18.1. The first-order valence-electron chi connectivity index (χ1n) is 7.12. The summed E-state index contributed by atoms with van der Waals surface area (Å²) in [6.07, 6.45) is 1.66. The molecule has 0 saturated heterocycles. The smallest absolute Gasteiger partial charge is 0.178 e. The maximum atomic E-state index is 11.5. The van der Waals surface area contributed by atoms with Crippen molar-refractivity contribution in [2.24, 2.45) is 0 Å². The van der Waals surface area contributed by atoms with E-state index in [4.69, 9.17) is 0 Å². The molecule has 0 fully saturated rings. The lowest BCUT2D eigenvalue weighted by Crippen LogP contribution is -2.15. The number of benzene rings is 2. The van der Waals surface area contributed by atoms with Crippen molar-refractivity contribution < 1.29 is 8.42 Å². The minimum atomic E-state index is -2.94. The van der Waals surface area contributed by atoms with E-state index in [9.17, 15) is 8.42 Å². The molecule has 0 unspecified atom stereocenters. The molecule has 0 radical (unpaired) electrons. The zero-order valence-electron chi connectivity index (χ0n) is 11.8. The highest BCUT2D eigenvalue weighted by atomic mass is 32.2. The molecule has 2 aromatic rings. The molecule has 0 aromatic heterocycles. The summed E-state index contributed by atoms with van der Waals surface area (Å²) in [6.45, 7) is 0. The van der Waals surface area contributed by atoms with Gasteiger partial charge in [0.2, 0.25) is 0 Å². The van der Waals surface area contributed by atoms with Gasteiger partial charge in [-0.25, -0.2) is 8.42 Å². The molecule has 4 rings (SSSR count). The van der Waals surface area contributed by atoms with Gasteiger partial charge < -0.3 is 0 Å². The predicted octanol–water partition coefficient (Wildman–Crippen LogP) is 3.84. The van der Waals surface area contributed by atoms with Crippen LogP contribution >= 0.6 is 11.8 Å². The van der Waals surface area contributed by atoms with Gasteiger partial charge in [0.15, 0.2) is 9.84 Å². The van der Waals surface area contributed by atoms with E-state index in [0.29, 0.717) is 10.6 Å². The van der Waals surface area contributed by atoms with Gasteiger partial charge in [-0.3, -0.25) is 0 Å². The Morgan fingerprint density at radius 1 is 0.810 bits per heavy atom. The predicted molar refractivity (Wildman–Crippen MR) is 88.3 cm³/mol. The number of rotatable bonds is 0. The van der Waals surface area contributed by atoms with Crippen LogP contribution in [-0.2, 0) is 27.8 Å². The summed E-state index contributed by atoms with van der Waals surface area (Å²) in [4.78, 5) is 0.538. The Labute approximate surface area is 130 Å². The zero-order valence-corrected chi connectivity index (χ0v) is 13.4. The monoisotopic (exact) mass is 318 g/mol. The second kappa shape index (κ2) is 6.24. The molecule has 0 saturated carbocycles. The number of hydrogen-bond donors (Lipinski definition) is 0. The fourth-order valence-corrected chi connectivity index (χ4v) is 5.39. The van der Waals surface area contributed by atoms with Gasteiger partial charge in [-0.1, -0.05) is 42.5 Å². The Balaban J connectivity index is 0.000000131. The Hall–Kier alpha value is -1.26. The molecule has 2 aliphatic heterocycles. The first kappa shape index (κ1) is 14.7. The van der Waals surface area contributed by atoms with Gasteiger partial charge in [0.1, 0.15) is 0 Å². The van der Waals surface area contributed by atoms with Gasteiger partial charge >= 0.3 is 0 Å². The van der Waals surface area contributed by atoms with Crippen LogP contribution in [0, 0.1) is 0 Å². The van der Waals surface area contributed by atoms with E-state index < -0.39 is 9.84 Å². The zero-order chi connectivity index (χ0) is 14.7. The molecule has 0 amide bonds. The average molecular weight is 318 g/mol. The van der Waals surface area contributed by atoms with Crippen LogP contribution in [0.4, 0.5) is 0 Å². The van der Waals surface area contributed by atoms with Crippen molar-refractivity contribution in [2.75, 3.05) is 5.75 Å². The minimum absolute atomic E-state index is 0.310. The van der Waals surface area contributed by atoms with Crippen LogP contribution in [-0.4, -0.2) is 14.2 Å². The van der Waals surface area contributed by atoms with E-state index >= 15 is 0 Å². The summed E-state index contributed by atoms with van der Waals surface area (Å²) < 4.78 is 22.9. The average Bonchev–Trinajstić information content (AvgIpc) is 2.96. The van der Waals surface area contributed by atoms with Crippen LogP contribution in [0.1, 0.15) is 23.1 Å². The summed E-state index contributed by atoms with van der Waals surface area (Å²) in [5, 5.41) is 0. The molecule has 2 nitrogen and oxygen atoms in total. The molecule has 0 spiro atoms. The molecule has 0 N–H and O–H groups in total. The van der Waals surface area contributed by atoms with Gasteiger partial charge in [0.25, 0.3) is 0 Å². The fourth-order valence-electron chi connectivity index (χ4n) is 2.69. The third kappa shape index (κ3) is 3.33. The van der Waals surface area contributed by atoms with E-state index in [1.807, 2.05) is 23.9 Å². The molecule has 2 aromatic carbocycles. The highest BCUT2D eigenvalue weighted by Crippen LogP contribution is 2.28. The maximum Gasteiger partial charge on any atom is 0.178 e. The quantitative estimate of drug-likeness (QED) is 0.740.